The molecule has 4 aromatic rings. The first-order valence-corrected chi connectivity index (χ1v) is 11.1. The Morgan fingerprint density at radius 2 is 1.82 bits per heavy atom. The average molecular weight is 474 g/mol. The largest absolute Gasteiger partial charge is 0.503 e. The van der Waals surface area contributed by atoms with Crippen LogP contribution in [0.15, 0.2) is 94.6 Å². The van der Waals surface area contributed by atoms with Crippen LogP contribution in [0.3, 0.4) is 0 Å². The number of benzene rings is 3. The fraction of sp³-hybridized carbons (Fsp3) is 0.111. The molecule has 1 amide bonds. The third-order valence-electron chi connectivity index (χ3n) is 5.69. The molecule has 1 aliphatic rings. The number of ether oxygens (including phenoxy) is 1. The van der Waals surface area contributed by atoms with Gasteiger partial charge in [0.1, 0.15) is 11.3 Å². The van der Waals surface area contributed by atoms with Gasteiger partial charge in [-0.05, 0) is 48.9 Å². The lowest BCUT2D eigenvalue weighted by Gasteiger charge is -2.27. The lowest BCUT2D eigenvalue weighted by Crippen LogP contribution is -2.31. The van der Waals surface area contributed by atoms with Crippen molar-refractivity contribution in [2.45, 2.75) is 13.0 Å². The molecule has 0 saturated carbocycles. The summed E-state index contributed by atoms with van der Waals surface area (Å²) in [5.41, 5.74) is 1.57. The van der Waals surface area contributed by atoms with Gasteiger partial charge in [-0.25, -0.2) is 0 Å². The highest BCUT2D eigenvalue weighted by atomic mass is 35.5. The molecule has 0 radical (unpaired) electrons. The first-order chi connectivity index (χ1) is 16.5. The Balaban J connectivity index is 1.64. The molecule has 170 valence electrons. The minimum atomic E-state index is -0.887. The van der Waals surface area contributed by atoms with E-state index in [1.54, 1.807) is 66.7 Å². The first-order valence-electron chi connectivity index (χ1n) is 10.8. The van der Waals surface area contributed by atoms with Gasteiger partial charge in [0.25, 0.3) is 5.91 Å². The zero-order chi connectivity index (χ0) is 23.8. The van der Waals surface area contributed by atoms with Crippen LogP contribution < -0.4 is 9.64 Å². The number of hydrogen-bond donors (Lipinski definition) is 1. The van der Waals surface area contributed by atoms with Crippen molar-refractivity contribution in [1.82, 2.24) is 0 Å². The standard InChI is InChI=1S/C27H20ClNO5/c1-2-33-20-8-5-7-19(15-20)29-24(16-10-12-18(28)13-11-16)23(26(31)27(29)32)25(30)22-14-17-6-3-4-9-21(17)34-22/h3-15,24,31H,2H2,1H3. The van der Waals surface area contributed by atoms with Gasteiger partial charge in [-0.2, -0.15) is 0 Å². The number of Topliss-reactive ketones (excluding diaryl/α,β-unsaturated/α-hetero) is 1. The molecule has 1 atom stereocenters. The Hall–Kier alpha value is -4.03. The smallest absolute Gasteiger partial charge is 0.294 e. The summed E-state index contributed by atoms with van der Waals surface area (Å²) in [5.74, 6) is -1.26. The normalized spacial score (nSPS) is 15.9. The highest BCUT2D eigenvalue weighted by Gasteiger charge is 2.45. The number of aliphatic hydroxyl groups is 1. The number of furan rings is 1. The van der Waals surface area contributed by atoms with E-state index in [-0.39, 0.29) is 11.3 Å². The molecule has 0 bridgehead atoms. The molecule has 1 aliphatic heterocycles. The molecule has 0 saturated heterocycles. The molecular weight excluding hydrogens is 454 g/mol. The Labute approximate surface area is 200 Å². The number of halogens is 1. The number of ketones is 1. The molecule has 3 aromatic carbocycles. The van der Waals surface area contributed by atoms with E-state index in [1.807, 2.05) is 19.1 Å². The van der Waals surface area contributed by atoms with Gasteiger partial charge in [-0.1, -0.05) is 48.0 Å². The average Bonchev–Trinajstić information content (AvgIpc) is 3.39. The summed E-state index contributed by atoms with van der Waals surface area (Å²) >= 11 is 6.08. The van der Waals surface area contributed by atoms with Crippen LogP contribution in [-0.2, 0) is 4.79 Å². The van der Waals surface area contributed by atoms with Gasteiger partial charge in [0, 0.05) is 22.2 Å². The Morgan fingerprint density at radius 1 is 1.06 bits per heavy atom. The molecule has 1 N–H and O–H groups in total. The third kappa shape index (κ3) is 3.72. The summed E-state index contributed by atoms with van der Waals surface area (Å²) in [6.45, 7) is 2.32. The molecule has 1 unspecified atom stereocenters. The molecule has 1 aromatic heterocycles. The van der Waals surface area contributed by atoms with E-state index >= 15 is 0 Å². The van der Waals surface area contributed by atoms with Crippen LogP contribution >= 0.6 is 11.6 Å². The zero-order valence-corrected chi connectivity index (χ0v) is 19.0. The maximum absolute atomic E-state index is 13.6. The van der Waals surface area contributed by atoms with Crippen LogP contribution in [0.1, 0.15) is 29.1 Å². The van der Waals surface area contributed by atoms with Crippen LogP contribution in [0.5, 0.6) is 5.75 Å². The number of para-hydroxylation sites is 1. The number of aliphatic hydroxyl groups excluding tert-OH is 1. The summed E-state index contributed by atoms with van der Waals surface area (Å²) in [6.07, 6.45) is 0. The van der Waals surface area contributed by atoms with Crippen LogP contribution in [0.2, 0.25) is 5.02 Å². The lowest BCUT2D eigenvalue weighted by molar-refractivity contribution is -0.117. The van der Waals surface area contributed by atoms with Crippen molar-refractivity contribution >= 4 is 39.9 Å². The summed E-state index contributed by atoms with van der Waals surface area (Å²) < 4.78 is 11.3. The van der Waals surface area contributed by atoms with Crippen molar-refractivity contribution in [2.24, 2.45) is 0 Å². The van der Waals surface area contributed by atoms with Crippen molar-refractivity contribution in [3.05, 3.63) is 107 Å². The van der Waals surface area contributed by atoms with Gasteiger partial charge in [0.2, 0.25) is 5.78 Å². The Kier molecular flexibility index (Phi) is 5.59. The second-order valence-corrected chi connectivity index (χ2v) is 8.24. The topological polar surface area (TPSA) is 80.0 Å². The van der Waals surface area contributed by atoms with Gasteiger partial charge in [-0.3, -0.25) is 14.5 Å². The minimum absolute atomic E-state index is 0.0411. The van der Waals surface area contributed by atoms with Crippen molar-refractivity contribution in [3.8, 4) is 5.75 Å². The molecular formula is C27H20ClNO5. The number of hydrogen-bond acceptors (Lipinski definition) is 5. The van der Waals surface area contributed by atoms with Gasteiger partial charge < -0.3 is 14.3 Å². The number of fused-ring (bicyclic) bond motifs is 1. The summed E-state index contributed by atoms with van der Waals surface area (Å²) in [4.78, 5) is 28.3. The number of nitrogens with zero attached hydrogens (tertiary/aromatic N) is 1. The van der Waals surface area contributed by atoms with Crippen molar-refractivity contribution in [2.75, 3.05) is 11.5 Å². The number of carbonyl (C=O) groups is 2. The molecule has 34 heavy (non-hydrogen) atoms. The van der Waals surface area contributed by atoms with E-state index in [0.29, 0.717) is 34.2 Å². The van der Waals surface area contributed by atoms with E-state index in [4.69, 9.17) is 20.8 Å². The van der Waals surface area contributed by atoms with Crippen LogP contribution in [-0.4, -0.2) is 23.4 Å². The van der Waals surface area contributed by atoms with Crippen molar-refractivity contribution in [1.29, 1.82) is 0 Å². The van der Waals surface area contributed by atoms with Gasteiger partial charge in [-0.15, -0.1) is 0 Å². The number of amides is 1. The van der Waals surface area contributed by atoms with Crippen molar-refractivity contribution in [3.63, 3.8) is 0 Å². The number of anilines is 1. The first kappa shape index (κ1) is 21.8. The van der Waals surface area contributed by atoms with Gasteiger partial charge in [0.05, 0.1) is 18.2 Å². The Bertz CT molecular complexity index is 1400. The molecule has 0 aliphatic carbocycles. The maximum Gasteiger partial charge on any atom is 0.294 e. The minimum Gasteiger partial charge on any atom is -0.503 e. The van der Waals surface area contributed by atoms with E-state index < -0.39 is 23.5 Å². The van der Waals surface area contributed by atoms with Crippen molar-refractivity contribution < 1.29 is 23.8 Å². The molecule has 0 spiro atoms. The summed E-state index contributed by atoms with van der Waals surface area (Å²) in [5, 5.41) is 12.2. The van der Waals surface area contributed by atoms with E-state index in [0.717, 1.165) is 5.39 Å². The Morgan fingerprint density at radius 3 is 2.56 bits per heavy atom. The van der Waals surface area contributed by atoms with E-state index in [2.05, 4.69) is 0 Å². The van der Waals surface area contributed by atoms with E-state index in [9.17, 15) is 14.7 Å². The fourth-order valence-corrected chi connectivity index (χ4v) is 4.31. The predicted octanol–water partition coefficient (Wildman–Crippen LogP) is 6.27. The molecule has 7 heteroatoms. The number of carbonyl (C=O) groups excluding carboxylic acids is 2. The second kappa shape index (κ2) is 8.72. The zero-order valence-electron chi connectivity index (χ0n) is 18.2. The molecule has 5 rings (SSSR count). The van der Waals surface area contributed by atoms with Crippen LogP contribution in [0, 0.1) is 0 Å². The maximum atomic E-state index is 13.6. The fourth-order valence-electron chi connectivity index (χ4n) is 4.18. The summed E-state index contributed by atoms with van der Waals surface area (Å²) in [7, 11) is 0. The monoisotopic (exact) mass is 473 g/mol. The third-order valence-corrected chi connectivity index (χ3v) is 5.95. The highest BCUT2D eigenvalue weighted by molar-refractivity contribution is 6.30. The SMILES string of the molecule is CCOc1cccc(N2C(=O)C(O)=C(C(=O)c3cc4ccccc4o3)C2c2ccc(Cl)cc2)c1. The molecule has 2 heterocycles. The summed E-state index contributed by atoms with van der Waals surface area (Å²) in [6, 6.07) is 21.7. The predicted molar refractivity (Wildman–Crippen MR) is 129 cm³/mol. The molecule has 6 nitrogen and oxygen atoms in total. The van der Waals surface area contributed by atoms with Crippen LogP contribution in [0.25, 0.3) is 11.0 Å². The molecule has 0 fully saturated rings. The number of rotatable bonds is 6. The van der Waals surface area contributed by atoms with Crippen LogP contribution in [0.4, 0.5) is 5.69 Å². The van der Waals surface area contributed by atoms with Gasteiger partial charge in [0.15, 0.2) is 11.5 Å². The quantitative estimate of drug-likeness (QED) is 0.334. The van der Waals surface area contributed by atoms with E-state index in [1.165, 1.54) is 4.90 Å². The second-order valence-electron chi connectivity index (χ2n) is 7.80. The van der Waals surface area contributed by atoms with Gasteiger partial charge >= 0.3 is 0 Å². The highest BCUT2D eigenvalue weighted by Crippen LogP contribution is 2.43. The lowest BCUT2D eigenvalue weighted by atomic mass is 9.94.